The van der Waals surface area contributed by atoms with Gasteiger partial charge in [-0.15, -0.1) is 0 Å². The van der Waals surface area contributed by atoms with Gasteiger partial charge >= 0.3 is 18.3 Å². The minimum Gasteiger partial charge on any atom is -0.497 e. The Balaban J connectivity index is 1.63. The maximum atomic E-state index is 14.4. The molecule has 3 aromatic heterocycles. The van der Waals surface area contributed by atoms with E-state index in [0.717, 1.165) is 0 Å². The van der Waals surface area contributed by atoms with Gasteiger partial charge in [0.05, 0.1) is 48.1 Å². The number of alkyl halides is 2. The Labute approximate surface area is 346 Å². The number of halogens is 3. The first kappa shape index (κ1) is 44.7. The molecule has 5 rings (SSSR count). The predicted octanol–water partition coefficient (Wildman–Crippen LogP) is 7.76. The zero-order valence-electron chi connectivity index (χ0n) is 34.8. The summed E-state index contributed by atoms with van der Waals surface area (Å²) in [5, 5.41) is 13.9. The van der Waals surface area contributed by atoms with Gasteiger partial charge in [0.1, 0.15) is 35.0 Å². The van der Waals surface area contributed by atoms with E-state index in [1.54, 1.807) is 102 Å². The van der Waals surface area contributed by atoms with E-state index in [0.29, 0.717) is 51.1 Å². The van der Waals surface area contributed by atoms with Crippen molar-refractivity contribution in [1.82, 2.24) is 29.8 Å². The number of nitrogens with one attached hydrogen (secondary N) is 1. The van der Waals surface area contributed by atoms with Crippen molar-refractivity contribution in [2.75, 3.05) is 30.0 Å². The van der Waals surface area contributed by atoms with E-state index >= 15 is 0 Å². The number of pyridine rings is 1. The van der Waals surface area contributed by atoms with Gasteiger partial charge in [-0.2, -0.15) is 4.90 Å². The molecule has 4 heterocycles. The standard InChI is InChI=1S/C40H51ClF2N8O8/c1-37(2,3)57-34(53)48-40(30(52)31(42)43)14-11-15-49(20-40)28-18-44-27(25-13-12-24(56-10)17-26(25)41)16-23(28)19-50-22-47-29-32(50)45-21-46-33(29)51(35(54)58-38(4,5)6)36(55)59-39(7,8)9/h12-13,16-18,21-22,30-31,52H,11,14-15,19-20H2,1-10H3,(H,48,53). The summed E-state index contributed by atoms with van der Waals surface area (Å²) in [6, 6.07) is 6.89. The van der Waals surface area contributed by atoms with E-state index in [4.69, 9.17) is 35.5 Å². The van der Waals surface area contributed by atoms with E-state index < -0.39 is 53.2 Å². The molecule has 16 nitrogen and oxygen atoms in total. The SMILES string of the molecule is COc1ccc(-c2cc(Cn3cnc4c(N(C(=O)OC(C)(C)C)C(=O)OC(C)(C)C)ncnc43)c(N3CCCC(NC(=O)OC(C)(C)C)(C(O)C(F)F)C3)cn2)c(Cl)c1. The molecule has 1 aromatic carbocycles. The fourth-order valence-corrected chi connectivity index (χ4v) is 6.80. The minimum atomic E-state index is -3.19. The van der Waals surface area contributed by atoms with Gasteiger partial charge in [-0.1, -0.05) is 11.6 Å². The number of nitrogens with zero attached hydrogens (tertiary/aromatic N) is 7. The Morgan fingerprint density at radius 2 is 1.59 bits per heavy atom. The lowest BCUT2D eigenvalue weighted by Crippen LogP contribution is -2.67. The molecular weight excluding hydrogens is 794 g/mol. The van der Waals surface area contributed by atoms with E-state index in [1.165, 1.54) is 19.8 Å². The summed E-state index contributed by atoms with van der Waals surface area (Å²) in [6.07, 6.45) is -3.94. The summed E-state index contributed by atoms with van der Waals surface area (Å²) >= 11 is 6.68. The molecule has 0 saturated carbocycles. The highest BCUT2D eigenvalue weighted by Crippen LogP contribution is 2.37. The lowest BCUT2D eigenvalue weighted by atomic mass is 9.83. The number of methoxy groups -OCH3 is 1. The van der Waals surface area contributed by atoms with Gasteiger partial charge in [-0.3, -0.25) is 4.98 Å². The van der Waals surface area contributed by atoms with Crippen molar-refractivity contribution in [2.24, 2.45) is 0 Å². The van der Waals surface area contributed by atoms with Gasteiger partial charge in [0, 0.05) is 18.7 Å². The third-order valence-electron chi connectivity index (χ3n) is 8.92. The van der Waals surface area contributed by atoms with Crippen molar-refractivity contribution in [1.29, 1.82) is 0 Å². The van der Waals surface area contributed by atoms with Crippen LogP contribution in [0.5, 0.6) is 5.75 Å². The molecule has 3 amide bonds. The number of aliphatic hydroxyl groups excluding tert-OH is 1. The van der Waals surface area contributed by atoms with E-state index in [9.17, 15) is 28.3 Å². The second-order valence-corrected chi connectivity index (χ2v) is 17.6. The Bertz CT molecular complexity index is 2160. The van der Waals surface area contributed by atoms with Gasteiger partial charge in [0.2, 0.25) is 0 Å². The molecule has 2 N–H and O–H groups in total. The number of imide groups is 1. The van der Waals surface area contributed by atoms with Crippen molar-refractivity contribution < 1.29 is 47.2 Å². The highest BCUT2D eigenvalue weighted by atomic mass is 35.5. The number of aromatic nitrogens is 5. The van der Waals surface area contributed by atoms with Gasteiger partial charge < -0.3 is 38.8 Å². The number of alkyl carbamates (subject to hydrolysis) is 1. The van der Waals surface area contributed by atoms with E-state index in [2.05, 4.69) is 20.3 Å². The first-order valence-electron chi connectivity index (χ1n) is 18.9. The second kappa shape index (κ2) is 17.1. The number of aliphatic hydroxyl groups is 1. The number of benzene rings is 1. The Kier molecular flexibility index (Phi) is 13.0. The van der Waals surface area contributed by atoms with Gasteiger partial charge in [0.25, 0.3) is 6.43 Å². The third kappa shape index (κ3) is 10.8. The van der Waals surface area contributed by atoms with Crippen LogP contribution in [-0.4, -0.2) is 103 Å². The van der Waals surface area contributed by atoms with Crippen molar-refractivity contribution >= 4 is 52.5 Å². The highest BCUT2D eigenvalue weighted by Gasteiger charge is 2.48. The number of imidazole rings is 1. The molecule has 0 radical (unpaired) electrons. The topological polar surface area (TPSA) is 183 Å². The maximum absolute atomic E-state index is 14.4. The van der Waals surface area contributed by atoms with Crippen LogP contribution in [0.2, 0.25) is 5.02 Å². The smallest absolute Gasteiger partial charge is 0.425 e. The Morgan fingerprint density at radius 1 is 0.949 bits per heavy atom. The molecule has 0 bridgehead atoms. The summed E-state index contributed by atoms with van der Waals surface area (Å²) in [5.41, 5.74) is -2.33. The van der Waals surface area contributed by atoms with E-state index in [-0.39, 0.29) is 36.5 Å². The normalized spacial score (nSPS) is 16.8. The second-order valence-electron chi connectivity index (χ2n) is 17.2. The van der Waals surface area contributed by atoms with Gasteiger partial charge in [-0.25, -0.2) is 38.1 Å². The quantitative estimate of drug-likeness (QED) is 0.156. The van der Waals surface area contributed by atoms with Crippen molar-refractivity contribution in [3.63, 3.8) is 0 Å². The molecule has 0 spiro atoms. The summed E-state index contributed by atoms with van der Waals surface area (Å²) in [5.74, 6) is 0.343. The van der Waals surface area contributed by atoms with Crippen LogP contribution in [0, 0.1) is 0 Å². The van der Waals surface area contributed by atoms with Gasteiger partial charge in [-0.05, 0) is 105 Å². The molecule has 320 valence electrons. The van der Waals surface area contributed by atoms with Crippen LogP contribution in [0.4, 0.5) is 34.7 Å². The van der Waals surface area contributed by atoms with Crippen molar-refractivity contribution in [3.8, 4) is 17.0 Å². The average Bonchev–Trinajstić information content (AvgIpc) is 3.52. The number of hydrogen-bond donors (Lipinski definition) is 2. The molecule has 1 saturated heterocycles. The molecule has 1 aliphatic rings. The molecule has 1 fully saturated rings. The summed E-state index contributed by atoms with van der Waals surface area (Å²) in [6.45, 7) is 15.0. The minimum absolute atomic E-state index is 0.0326. The van der Waals surface area contributed by atoms with Crippen molar-refractivity contribution in [2.45, 2.75) is 117 Å². The molecule has 19 heteroatoms. The van der Waals surface area contributed by atoms with E-state index in [1.807, 2.05) is 0 Å². The number of piperidine rings is 1. The summed E-state index contributed by atoms with van der Waals surface area (Å²) in [4.78, 5) is 60.5. The number of carbonyl (C=O) groups excluding carboxylic acids is 3. The van der Waals surface area contributed by atoms with Crippen LogP contribution in [0.15, 0.2) is 43.1 Å². The first-order chi connectivity index (χ1) is 27.4. The molecule has 2 unspecified atom stereocenters. The zero-order valence-corrected chi connectivity index (χ0v) is 35.6. The average molecular weight is 845 g/mol. The monoisotopic (exact) mass is 844 g/mol. The van der Waals surface area contributed by atoms with Crippen LogP contribution >= 0.6 is 11.6 Å². The Morgan fingerprint density at radius 3 is 2.17 bits per heavy atom. The lowest BCUT2D eigenvalue weighted by molar-refractivity contribution is -0.0664. The third-order valence-corrected chi connectivity index (χ3v) is 9.24. The van der Waals surface area contributed by atoms with Crippen LogP contribution < -0.4 is 19.9 Å². The van der Waals surface area contributed by atoms with Gasteiger partial charge in [0.15, 0.2) is 17.0 Å². The number of amides is 3. The lowest BCUT2D eigenvalue weighted by Gasteiger charge is -2.46. The van der Waals surface area contributed by atoms with Crippen LogP contribution in [-0.2, 0) is 20.8 Å². The molecule has 1 aliphatic heterocycles. The van der Waals surface area contributed by atoms with Crippen LogP contribution in [0.3, 0.4) is 0 Å². The predicted molar refractivity (Wildman–Crippen MR) is 216 cm³/mol. The molecule has 4 aromatic rings. The fraction of sp³-hybridized carbons (Fsp3) is 0.525. The zero-order chi connectivity index (χ0) is 43.7. The van der Waals surface area contributed by atoms with Crippen LogP contribution in [0.1, 0.15) is 80.7 Å². The molecule has 59 heavy (non-hydrogen) atoms. The number of ether oxygens (including phenoxy) is 4. The number of carbonyl (C=O) groups is 3. The first-order valence-corrected chi connectivity index (χ1v) is 19.2. The maximum Gasteiger partial charge on any atom is 0.425 e. The highest BCUT2D eigenvalue weighted by molar-refractivity contribution is 6.33. The largest absolute Gasteiger partial charge is 0.497 e. The number of anilines is 2. The molecule has 0 aliphatic carbocycles. The number of hydrogen-bond acceptors (Lipinski definition) is 13. The number of fused-ring (bicyclic) bond motifs is 1. The number of rotatable bonds is 9. The Hall–Kier alpha value is -5.36. The van der Waals surface area contributed by atoms with Crippen LogP contribution in [0.25, 0.3) is 22.4 Å². The summed E-state index contributed by atoms with van der Waals surface area (Å²) in [7, 11) is 1.52. The fourth-order valence-electron chi connectivity index (χ4n) is 6.53. The molecule has 2 atom stereocenters. The molecular formula is C40H51ClF2N8O8. The van der Waals surface area contributed by atoms with Crippen molar-refractivity contribution in [3.05, 3.63) is 53.7 Å². The summed E-state index contributed by atoms with van der Waals surface area (Å²) < 4.78 is 52.2.